The molecule has 0 rings (SSSR count). The average Bonchev–Trinajstić information content (AvgIpc) is 2.32. The van der Waals surface area contributed by atoms with E-state index in [4.69, 9.17) is 10.2 Å². The second-order valence-corrected chi connectivity index (χ2v) is 3.57. The van der Waals surface area contributed by atoms with E-state index >= 15 is 0 Å². The summed E-state index contributed by atoms with van der Waals surface area (Å²) in [7, 11) is 0. The molecule has 0 aromatic heterocycles. The average molecular weight is 236 g/mol. The van der Waals surface area contributed by atoms with Crippen LogP contribution >= 0.6 is 0 Å². The maximum absolute atomic E-state index is 9.33. The van der Waals surface area contributed by atoms with Gasteiger partial charge in [0, 0.05) is 13.0 Å². The van der Waals surface area contributed by atoms with Crippen molar-refractivity contribution >= 4 is 0 Å². The van der Waals surface area contributed by atoms with E-state index in [1.165, 1.54) is 0 Å². The lowest BCUT2D eigenvalue weighted by atomic mass is 10.1. The molecule has 0 saturated carbocycles. The Hall–Kier alpha value is -1.26. The number of aliphatic hydroxyl groups is 3. The number of allylic oxidation sites excluding steroid dienone is 1. The topological polar surface area (TPSA) is 60.7 Å². The summed E-state index contributed by atoms with van der Waals surface area (Å²) in [6.45, 7) is 0.0379. The first kappa shape index (κ1) is 15.7. The molecule has 3 heteroatoms. The molecule has 0 aromatic rings. The molecule has 0 aromatic carbocycles. The van der Waals surface area contributed by atoms with Gasteiger partial charge in [-0.1, -0.05) is 17.9 Å². The zero-order chi connectivity index (χ0) is 12.8. The Bertz CT molecular complexity index is 312. The van der Waals surface area contributed by atoms with Crippen LogP contribution in [0.1, 0.15) is 32.1 Å². The first-order valence-electron chi connectivity index (χ1n) is 5.84. The van der Waals surface area contributed by atoms with E-state index in [0.717, 1.165) is 19.3 Å². The molecule has 3 N–H and O–H groups in total. The predicted octanol–water partition coefficient (Wildman–Crippen LogP) is 0.845. The fraction of sp³-hybridized carbons (Fsp3) is 0.571. The van der Waals surface area contributed by atoms with Crippen LogP contribution in [-0.2, 0) is 0 Å². The Labute approximate surface area is 103 Å². The SMILES string of the molecule is OCC=CC#CC#CCCCCC(O)CCO. The van der Waals surface area contributed by atoms with Gasteiger partial charge in [-0.15, -0.1) is 0 Å². The Morgan fingerprint density at radius 1 is 1.06 bits per heavy atom. The first-order chi connectivity index (χ1) is 8.31. The Balaban J connectivity index is 3.47. The van der Waals surface area contributed by atoms with E-state index in [2.05, 4.69) is 23.7 Å². The molecule has 0 aliphatic heterocycles. The van der Waals surface area contributed by atoms with E-state index in [9.17, 15) is 5.11 Å². The summed E-state index contributed by atoms with van der Waals surface area (Å²) in [5.41, 5.74) is 0. The lowest BCUT2D eigenvalue weighted by molar-refractivity contribution is 0.122. The molecule has 0 aliphatic rings. The molecule has 0 saturated heterocycles. The Kier molecular flexibility index (Phi) is 11.9. The molecule has 0 amide bonds. The highest BCUT2D eigenvalue weighted by Gasteiger charge is 2.01. The smallest absolute Gasteiger partial charge is 0.0621 e. The molecule has 0 spiro atoms. The molecular formula is C14H20O3. The van der Waals surface area contributed by atoms with E-state index in [-0.39, 0.29) is 13.2 Å². The standard InChI is InChI=1S/C14H20O3/c15-12-9-7-5-3-1-2-4-6-8-10-14(17)11-13-16/h7,9,14-17H,4,6,8,10-13H2. The molecule has 0 aliphatic carbocycles. The quantitative estimate of drug-likeness (QED) is 0.453. The summed E-state index contributed by atoms with van der Waals surface area (Å²) in [5, 5.41) is 26.3. The van der Waals surface area contributed by atoms with Crippen molar-refractivity contribution in [1.29, 1.82) is 0 Å². The van der Waals surface area contributed by atoms with Gasteiger partial charge in [0.2, 0.25) is 0 Å². The summed E-state index contributed by atoms with van der Waals surface area (Å²) < 4.78 is 0. The van der Waals surface area contributed by atoms with Crippen molar-refractivity contribution in [3.8, 4) is 23.7 Å². The number of hydrogen-bond donors (Lipinski definition) is 3. The minimum atomic E-state index is -0.392. The highest BCUT2D eigenvalue weighted by Crippen LogP contribution is 2.05. The summed E-state index contributed by atoms with van der Waals surface area (Å²) in [6.07, 6.45) is 6.51. The van der Waals surface area contributed by atoms with Crippen LogP contribution in [0.4, 0.5) is 0 Å². The van der Waals surface area contributed by atoms with Crippen LogP contribution in [0.15, 0.2) is 12.2 Å². The summed E-state index contributed by atoms with van der Waals surface area (Å²) in [6, 6.07) is 0. The van der Waals surface area contributed by atoms with Gasteiger partial charge in [0.25, 0.3) is 0 Å². The van der Waals surface area contributed by atoms with Crippen LogP contribution in [-0.4, -0.2) is 34.6 Å². The number of unbranched alkanes of at least 4 members (excludes halogenated alkanes) is 2. The van der Waals surface area contributed by atoms with Crippen LogP contribution in [0, 0.1) is 23.7 Å². The van der Waals surface area contributed by atoms with Crippen molar-refractivity contribution in [2.45, 2.75) is 38.2 Å². The van der Waals surface area contributed by atoms with Gasteiger partial charge in [-0.05, 0) is 43.6 Å². The molecule has 1 atom stereocenters. The van der Waals surface area contributed by atoms with Crippen LogP contribution in [0.2, 0.25) is 0 Å². The van der Waals surface area contributed by atoms with Gasteiger partial charge in [-0.2, -0.15) is 0 Å². The molecule has 0 radical (unpaired) electrons. The third-order valence-corrected chi connectivity index (χ3v) is 2.08. The summed E-state index contributed by atoms with van der Waals surface area (Å²) >= 11 is 0. The second-order valence-electron chi connectivity index (χ2n) is 3.57. The van der Waals surface area contributed by atoms with Crippen LogP contribution in [0.5, 0.6) is 0 Å². The maximum Gasteiger partial charge on any atom is 0.0621 e. The molecule has 0 bridgehead atoms. The van der Waals surface area contributed by atoms with Gasteiger partial charge in [0.15, 0.2) is 0 Å². The van der Waals surface area contributed by atoms with E-state index < -0.39 is 6.10 Å². The highest BCUT2D eigenvalue weighted by atomic mass is 16.3. The lowest BCUT2D eigenvalue weighted by Crippen LogP contribution is -2.08. The van der Waals surface area contributed by atoms with Gasteiger partial charge in [0.05, 0.1) is 12.7 Å². The van der Waals surface area contributed by atoms with E-state index in [0.29, 0.717) is 12.8 Å². The van der Waals surface area contributed by atoms with Gasteiger partial charge < -0.3 is 15.3 Å². The minimum absolute atomic E-state index is 0.00171. The number of aliphatic hydroxyl groups excluding tert-OH is 3. The summed E-state index contributed by atoms with van der Waals surface area (Å²) in [4.78, 5) is 0. The zero-order valence-electron chi connectivity index (χ0n) is 10.0. The molecule has 0 heterocycles. The highest BCUT2D eigenvalue weighted by molar-refractivity contribution is 5.30. The van der Waals surface area contributed by atoms with Crippen molar-refractivity contribution in [3.63, 3.8) is 0 Å². The first-order valence-corrected chi connectivity index (χ1v) is 5.84. The molecule has 0 fully saturated rings. The Morgan fingerprint density at radius 2 is 1.88 bits per heavy atom. The predicted molar refractivity (Wildman–Crippen MR) is 68.0 cm³/mol. The van der Waals surface area contributed by atoms with E-state index in [1.807, 2.05) is 0 Å². The van der Waals surface area contributed by atoms with Gasteiger partial charge in [-0.3, -0.25) is 0 Å². The molecular weight excluding hydrogens is 216 g/mol. The van der Waals surface area contributed by atoms with Gasteiger partial charge in [0.1, 0.15) is 0 Å². The van der Waals surface area contributed by atoms with Crippen molar-refractivity contribution in [3.05, 3.63) is 12.2 Å². The van der Waals surface area contributed by atoms with Crippen molar-refractivity contribution < 1.29 is 15.3 Å². The monoisotopic (exact) mass is 236 g/mol. The third kappa shape index (κ3) is 12.7. The zero-order valence-corrected chi connectivity index (χ0v) is 10.0. The normalized spacial score (nSPS) is 11.5. The van der Waals surface area contributed by atoms with Crippen LogP contribution in [0.3, 0.4) is 0 Å². The fourth-order valence-electron chi connectivity index (χ4n) is 1.18. The third-order valence-electron chi connectivity index (χ3n) is 2.08. The summed E-state index contributed by atoms with van der Waals surface area (Å²) in [5.74, 6) is 11.0. The minimum Gasteiger partial charge on any atom is -0.396 e. The van der Waals surface area contributed by atoms with Crippen molar-refractivity contribution in [1.82, 2.24) is 0 Å². The van der Waals surface area contributed by atoms with E-state index in [1.54, 1.807) is 12.2 Å². The fourth-order valence-corrected chi connectivity index (χ4v) is 1.18. The van der Waals surface area contributed by atoms with Crippen molar-refractivity contribution in [2.75, 3.05) is 13.2 Å². The second kappa shape index (κ2) is 12.8. The van der Waals surface area contributed by atoms with Crippen LogP contribution in [0.25, 0.3) is 0 Å². The van der Waals surface area contributed by atoms with Crippen molar-refractivity contribution in [2.24, 2.45) is 0 Å². The van der Waals surface area contributed by atoms with Gasteiger partial charge >= 0.3 is 0 Å². The molecule has 1 unspecified atom stereocenters. The largest absolute Gasteiger partial charge is 0.396 e. The Morgan fingerprint density at radius 3 is 2.59 bits per heavy atom. The molecule has 17 heavy (non-hydrogen) atoms. The number of rotatable bonds is 7. The van der Waals surface area contributed by atoms with Gasteiger partial charge in [-0.25, -0.2) is 0 Å². The molecule has 94 valence electrons. The number of hydrogen-bond acceptors (Lipinski definition) is 3. The maximum atomic E-state index is 9.33. The lowest BCUT2D eigenvalue weighted by Gasteiger charge is -2.06. The van der Waals surface area contributed by atoms with Crippen LogP contribution < -0.4 is 0 Å². The molecule has 3 nitrogen and oxygen atoms in total.